The molecular formula is C31H40N4O6. The van der Waals surface area contributed by atoms with E-state index in [0.29, 0.717) is 32.2 Å². The van der Waals surface area contributed by atoms with Gasteiger partial charge >= 0.3 is 5.97 Å². The Morgan fingerprint density at radius 1 is 0.951 bits per heavy atom. The molecule has 5 N–H and O–H groups in total. The van der Waals surface area contributed by atoms with E-state index in [1.807, 2.05) is 60.7 Å². The molecule has 0 bridgehead atoms. The number of amides is 3. The summed E-state index contributed by atoms with van der Waals surface area (Å²) in [5.41, 5.74) is 7.91. The van der Waals surface area contributed by atoms with Crippen molar-refractivity contribution >= 4 is 29.5 Å². The number of Topliss-reactive ketones (excluding diaryl/α,β-unsaturated/α-hetero) is 1. The van der Waals surface area contributed by atoms with Gasteiger partial charge in [-0.15, -0.1) is 0 Å². The van der Waals surface area contributed by atoms with E-state index in [1.54, 1.807) is 6.92 Å². The number of benzene rings is 2. The van der Waals surface area contributed by atoms with Crippen molar-refractivity contribution < 1.29 is 29.1 Å². The van der Waals surface area contributed by atoms with Crippen molar-refractivity contribution in [2.75, 3.05) is 6.54 Å². The van der Waals surface area contributed by atoms with Crippen LogP contribution in [0.4, 0.5) is 0 Å². The molecule has 4 atom stereocenters. The normalized spacial score (nSPS) is 16.8. The number of rotatable bonds is 15. The highest BCUT2D eigenvalue weighted by molar-refractivity contribution is 5.94. The number of carboxylic acid groups (broad SMARTS) is 1. The molecule has 3 amide bonds. The number of carboxylic acids is 1. The molecule has 2 aromatic carbocycles. The molecule has 0 saturated carbocycles. The first kappa shape index (κ1) is 31.5. The molecule has 3 rings (SSSR count). The van der Waals surface area contributed by atoms with Gasteiger partial charge in [0.15, 0.2) is 0 Å². The van der Waals surface area contributed by atoms with Gasteiger partial charge in [0.25, 0.3) is 0 Å². The maximum absolute atomic E-state index is 13.7. The Morgan fingerprint density at radius 2 is 1.56 bits per heavy atom. The number of carbonyl (C=O) groups is 5. The third kappa shape index (κ3) is 9.82. The van der Waals surface area contributed by atoms with Crippen LogP contribution in [0.5, 0.6) is 0 Å². The maximum atomic E-state index is 13.7. The number of nitrogens with one attached hydrogen (secondary N) is 2. The van der Waals surface area contributed by atoms with E-state index in [4.69, 9.17) is 5.73 Å². The Bertz CT molecular complexity index is 1190. The molecule has 1 aliphatic rings. The summed E-state index contributed by atoms with van der Waals surface area (Å²) in [4.78, 5) is 65.1. The van der Waals surface area contributed by atoms with Crippen LogP contribution in [0.25, 0.3) is 0 Å². The molecule has 2 aromatic rings. The first-order chi connectivity index (χ1) is 19.7. The Kier molecular flexibility index (Phi) is 12.0. The van der Waals surface area contributed by atoms with Crippen LogP contribution in [-0.2, 0) is 36.8 Å². The van der Waals surface area contributed by atoms with E-state index in [2.05, 4.69) is 10.6 Å². The van der Waals surface area contributed by atoms with E-state index < -0.39 is 47.9 Å². The fraction of sp³-hybridized carbons (Fsp3) is 0.452. The summed E-state index contributed by atoms with van der Waals surface area (Å²) in [6.45, 7) is 2.04. The zero-order valence-corrected chi connectivity index (χ0v) is 23.5. The van der Waals surface area contributed by atoms with Gasteiger partial charge in [0.05, 0.1) is 12.5 Å². The summed E-state index contributed by atoms with van der Waals surface area (Å²) in [5, 5.41) is 15.0. The third-order valence-corrected chi connectivity index (χ3v) is 7.29. The molecule has 41 heavy (non-hydrogen) atoms. The minimum Gasteiger partial charge on any atom is -0.481 e. The quantitative estimate of drug-likeness (QED) is 0.257. The van der Waals surface area contributed by atoms with Crippen molar-refractivity contribution in [1.82, 2.24) is 15.5 Å². The largest absolute Gasteiger partial charge is 0.481 e. The van der Waals surface area contributed by atoms with Crippen molar-refractivity contribution in [3.8, 4) is 0 Å². The Hall–Kier alpha value is -4.05. The highest BCUT2D eigenvalue weighted by Gasteiger charge is 2.38. The first-order valence-corrected chi connectivity index (χ1v) is 14.2. The average molecular weight is 565 g/mol. The number of aliphatic carboxylic acids is 1. The fourth-order valence-corrected chi connectivity index (χ4v) is 5.06. The molecule has 10 nitrogen and oxygen atoms in total. The predicted molar refractivity (Wildman–Crippen MR) is 154 cm³/mol. The molecule has 1 aliphatic heterocycles. The van der Waals surface area contributed by atoms with Gasteiger partial charge in [-0.3, -0.25) is 24.0 Å². The summed E-state index contributed by atoms with van der Waals surface area (Å²) in [7, 11) is 0. The number of nitrogens with two attached hydrogens (primary N) is 1. The standard InChI is InChI=1S/C31H40N4O6/c1-2-24(36)15-16-26(34-29(39)25(32)19-22-12-7-4-8-13-22)31(41)35-17-9-14-27(35)30(40)33-23(20-28(37)38)18-21-10-5-3-6-11-21/h3-8,10-13,23,25-27H,2,9,14-20,32H2,1H3,(H,33,40)(H,34,39)(H,37,38)/t23-,25-,26-,27-/m0/s1. The van der Waals surface area contributed by atoms with E-state index in [9.17, 15) is 29.1 Å². The minimum atomic E-state index is -1.04. The first-order valence-electron chi connectivity index (χ1n) is 14.2. The molecule has 0 aliphatic carbocycles. The Morgan fingerprint density at radius 3 is 2.15 bits per heavy atom. The van der Waals surface area contributed by atoms with Gasteiger partial charge in [-0.25, -0.2) is 0 Å². The van der Waals surface area contributed by atoms with Crippen LogP contribution < -0.4 is 16.4 Å². The van der Waals surface area contributed by atoms with Crippen LogP contribution in [0.2, 0.25) is 0 Å². The van der Waals surface area contributed by atoms with E-state index in [-0.39, 0.29) is 31.5 Å². The van der Waals surface area contributed by atoms with Crippen molar-refractivity contribution in [3.63, 3.8) is 0 Å². The second-order valence-corrected chi connectivity index (χ2v) is 10.5. The smallest absolute Gasteiger partial charge is 0.305 e. The molecule has 10 heteroatoms. The summed E-state index contributed by atoms with van der Waals surface area (Å²) in [6, 6.07) is 15.2. The van der Waals surface area contributed by atoms with Crippen LogP contribution in [0.15, 0.2) is 60.7 Å². The number of hydrogen-bond donors (Lipinski definition) is 4. The second kappa shape index (κ2) is 15.7. The van der Waals surface area contributed by atoms with Gasteiger partial charge in [-0.05, 0) is 43.2 Å². The van der Waals surface area contributed by atoms with Gasteiger partial charge in [0, 0.05) is 25.4 Å². The maximum Gasteiger partial charge on any atom is 0.305 e. The van der Waals surface area contributed by atoms with Crippen molar-refractivity contribution in [1.29, 1.82) is 0 Å². The average Bonchev–Trinajstić information content (AvgIpc) is 3.45. The van der Waals surface area contributed by atoms with Gasteiger partial charge in [0.2, 0.25) is 17.7 Å². The van der Waals surface area contributed by atoms with Crippen molar-refractivity contribution in [2.24, 2.45) is 5.73 Å². The predicted octanol–water partition coefficient (Wildman–Crippen LogP) is 1.99. The topological polar surface area (TPSA) is 159 Å². The highest BCUT2D eigenvalue weighted by atomic mass is 16.4. The van der Waals surface area contributed by atoms with Crippen molar-refractivity contribution in [2.45, 2.75) is 82.5 Å². The zero-order chi connectivity index (χ0) is 29.8. The monoisotopic (exact) mass is 564 g/mol. The van der Waals surface area contributed by atoms with E-state index in [1.165, 1.54) is 4.90 Å². The summed E-state index contributed by atoms with van der Waals surface area (Å²) >= 11 is 0. The molecule has 0 aromatic heterocycles. The number of likely N-dealkylation sites (tertiary alicyclic amines) is 1. The Balaban J connectivity index is 1.71. The fourth-order valence-electron chi connectivity index (χ4n) is 5.06. The Labute approximate surface area is 240 Å². The van der Waals surface area contributed by atoms with Gasteiger partial charge in [-0.1, -0.05) is 67.6 Å². The van der Waals surface area contributed by atoms with Crippen LogP contribution in [-0.4, -0.2) is 70.2 Å². The summed E-state index contributed by atoms with van der Waals surface area (Å²) in [6.07, 6.45) is 1.83. The van der Waals surface area contributed by atoms with Gasteiger partial charge in [-0.2, -0.15) is 0 Å². The van der Waals surface area contributed by atoms with Crippen LogP contribution in [0.1, 0.15) is 56.6 Å². The lowest BCUT2D eigenvalue weighted by atomic mass is 10.0. The van der Waals surface area contributed by atoms with Gasteiger partial charge in [0.1, 0.15) is 17.9 Å². The highest BCUT2D eigenvalue weighted by Crippen LogP contribution is 2.21. The molecule has 220 valence electrons. The van der Waals surface area contributed by atoms with Crippen LogP contribution in [0, 0.1) is 0 Å². The van der Waals surface area contributed by atoms with Crippen LogP contribution in [0.3, 0.4) is 0 Å². The SMILES string of the molecule is CCC(=O)CC[C@H](NC(=O)[C@@H](N)Cc1ccccc1)C(=O)N1CCC[C@H]1C(=O)N[C@H](CC(=O)O)Cc1ccccc1. The minimum absolute atomic E-state index is 0.0428. The van der Waals surface area contributed by atoms with Gasteiger partial charge < -0.3 is 26.4 Å². The third-order valence-electron chi connectivity index (χ3n) is 7.29. The number of ketones is 1. The molecule has 1 saturated heterocycles. The molecule has 1 fully saturated rings. The zero-order valence-electron chi connectivity index (χ0n) is 23.5. The van der Waals surface area contributed by atoms with Crippen molar-refractivity contribution in [3.05, 3.63) is 71.8 Å². The summed E-state index contributed by atoms with van der Waals surface area (Å²) in [5.74, 6) is -2.49. The molecule has 0 radical (unpaired) electrons. The van der Waals surface area contributed by atoms with E-state index >= 15 is 0 Å². The number of carbonyl (C=O) groups excluding carboxylic acids is 4. The summed E-state index contributed by atoms with van der Waals surface area (Å²) < 4.78 is 0. The number of hydrogen-bond acceptors (Lipinski definition) is 6. The lowest BCUT2D eigenvalue weighted by Crippen LogP contribution is -2.56. The molecule has 0 unspecified atom stereocenters. The molecular weight excluding hydrogens is 524 g/mol. The van der Waals surface area contributed by atoms with E-state index in [0.717, 1.165) is 11.1 Å². The second-order valence-electron chi connectivity index (χ2n) is 10.5. The molecule has 1 heterocycles. The number of nitrogens with zero attached hydrogens (tertiary/aromatic N) is 1. The lowest BCUT2D eigenvalue weighted by molar-refractivity contribution is -0.142. The molecule has 0 spiro atoms. The van der Waals surface area contributed by atoms with Crippen LogP contribution >= 0.6 is 0 Å². The lowest BCUT2D eigenvalue weighted by Gasteiger charge is -2.30.